The smallest absolute Gasteiger partial charge is 0.155 e. The Kier molecular flexibility index (Phi) is 4.46. The Bertz CT molecular complexity index is 508. The summed E-state index contributed by atoms with van der Waals surface area (Å²) in [4.78, 5) is 0. The van der Waals surface area contributed by atoms with Gasteiger partial charge in [0.25, 0.3) is 0 Å². The highest BCUT2D eigenvalue weighted by Gasteiger charge is 2.16. The molecule has 0 bridgehead atoms. The number of rotatable bonds is 6. The van der Waals surface area contributed by atoms with Crippen LogP contribution >= 0.6 is 0 Å². The van der Waals surface area contributed by atoms with Gasteiger partial charge < -0.3 is 10.5 Å². The van der Waals surface area contributed by atoms with Gasteiger partial charge in [0, 0.05) is 19.5 Å². The molecule has 0 aliphatic carbocycles. The van der Waals surface area contributed by atoms with E-state index < -0.39 is 0 Å². The Hall–Kier alpha value is -1.95. The number of benzene rings is 1. The lowest BCUT2D eigenvalue weighted by atomic mass is 9.99. The van der Waals surface area contributed by atoms with Gasteiger partial charge in [-0.05, 0) is 41.0 Å². The highest BCUT2D eigenvalue weighted by Crippen LogP contribution is 2.19. The van der Waals surface area contributed by atoms with Crippen molar-refractivity contribution < 1.29 is 4.74 Å². The zero-order chi connectivity index (χ0) is 13.7. The topological polar surface area (TPSA) is 78.8 Å². The van der Waals surface area contributed by atoms with Crippen LogP contribution in [0.5, 0.6) is 5.75 Å². The molecular weight excluding hydrogens is 242 g/mol. The van der Waals surface area contributed by atoms with Crippen molar-refractivity contribution in [1.29, 1.82) is 0 Å². The van der Waals surface area contributed by atoms with E-state index >= 15 is 0 Å². The molecule has 2 aromatic rings. The Morgan fingerprint density at radius 2 is 2.05 bits per heavy atom. The first-order valence-corrected chi connectivity index (χ1v) is 6.30. The second-order valence-corrected chi connectivity index (χ2v) is 4.48. The molecule has 0 aliphatic rings. The van der Waals surface area contributed by atoms with Crippen LogP contribution in [0.15, 0.2) is 24.3 Å². The van der Waals surface area contributed by atoms with Crippen molar-refractivity contribution in [1.82, 2.24) is 20.2 Å². The number of nitrogens with two attached hydrogens (primary N) is 1. The monoisotopic (exact) mass is 261 g/mol. The maximum Gasteiger partial charge on any atom is 0.155 e. The summed E-state index contributed by atoms with van der Waals surface area (Å²) in [5, 5.41) is 11.5. The molecule has 1 heterocycles. The molecule has 0 amide bonds. The van der Waals surface area contributed by atoms with Crippen molar-refractivity contribution in [3.8, 4) is 5.75 Å². The average molecular weight is 261 g/mol. The number of nitrogens with zero attached hydrogens (tertiary/aromatic N) is 4. The van der Waals surface area contributed by atoms with Crippen molar-refractivity contribution in [2.75, 3.05) is 13.7 Å². The summed E-state index contributed by atoms with van der Waals surface area (Å²) in [7, 11) is 3.51. The van der Waals surface area contributed by atoms with E-state index in [9.17, 15) is 0 Å². The van der Waals surface area contributed by atoms with Crippen LogP contribution in [0.2, 0.25) is 0 Å². The predicted molar refractivity (Wildman–Crippen MR) is 71.9 cm³/mol. The summed E-state index contributed by atoms with van der Waals surface area (Å²) < 4.78 is 6.83. The number of methoxy groups -OCH3 is 1. The van der Waals surface area contributed by atoms with Gasteiger partial charge in [0.05, 0.1) is 7.11 Å². The zero-order valence-corrected chi connectivity index (χ0v) is 11.3. The van der Waals surface area contributed by atoms with Crippen LogP contribution in [0.3, 0.4) is 0 Å². The van der Waals surface area contributed by atoms with Gasteiger partial charge in [0.1, 0.15) is 5.75 Å². The minimum Gasteiger partial charge on any atom is -0.497 e. The molecule has 2 N–H and O–H groups in total. The second-order valence-electron chi connectivity index (χ2n) is 4.48. The quantitative estimate of drug-likeness (QED) is 0.835. The number of hydrogen-bond donors (Lipinski definition) is 1. The molecule has 0 saturated carbocycles. The van der Waals surface area contributed by atoms with E-state index in [0.29, 0.717) is 6.54 Å². The Labute approximate surface area is 112 Å². The first-order valence-electron chi connectivity index (χ1n) is 6.30. The molecule has 1 aromatic heterocycles. The van der Waals surface area contributed by atoms with Crippen LogP contribution < -0.4 is 10.5 Å². The van der Waals surface area contributed by atoms with Crippen LogP contribution in [-0.4, -0.2) is 33.9 Å². The Morgan fingerprint density at radius 3 is 2.58 bits per heavy atom. The van der Waals surface area contributed by atoms with E-state index in [-0.39, 0.29) is 5.92 Å². The summed E-state index contributed by atoms with van der Waals surface area (Å²) in [6.45, 7) is 0.546. The summed E-state index contributed by atoms with van der Waals surface area (Å²) in [5.41, 5.74) is 7.07. The molecule has 102 valence electrons. The highest BCUT2D eigenvalue weighted by atomic mass is 16.5. The molecular formula is C13H19N5O. The minimum absolute atomic E-state index is 0.183. The predicted octanol–water partition coefficient (Wildman–Crippen LogP) is 0.894. The number of tetrazole rings is 1. The average Bonchev–Trinajstić information content (AvgIpc) is 2.87. The summed E-state index contributed by atoms with van der Waals surface area (Å²) in [6.07, 6.45) is 1.87. The molecule has 1 unspecified atom stereocenters. The van der Waals surface area contributed by atoms with Crippen LogP contribution in [0.25, 0.3) is 0 Å². The largest absolute Gasteiger partial charge is 0.497 e. The first kappa shape index (κ1) is 13.5. The Balaban J connectivity index is 1.98. The van der Waals surface area contributed by atoms with Crippen molar-refractivity contribution in [3.63, 3.8) is 0 Å². The van der Waals surface area contributed by atoms with Crippen LogP contribution in [0.1, 0.15) is 23.7 Å². The van der Waals surface area contributed by atoms with Crippen molar-refractivity contribution >= 4 is 0 Å². The Morgan fingerprint density at radius 1 is 1.32 bits per heavy atom. The fourth-order valence-electron chi connectivity index (χ4n) is 2.07. The first-order chi connectivity index (χ1) is 9.24. The van der Waals surface area contributed by atoms with E-state index in [1.807, 2.05) is 19.2 Å². The summed E-state index contributed by atoms with van der Waals surface area (Å²) in [5.74, 6) is 1.90. The van der Waals surface area contributed by atoms with Gasteiger partial charge in [-0.2, -0.15) is 0 Å². The van der Waals surface area contributed by atoms with Gasteiger partial charge in [-0.15, -0.1) is 5.10 Å². The lowest BCUT2D eigenvalue weighted by Gasteiger charge is -2.12. The molecule has 2 rings (SSSR count). The highest BCUT2D eigenvalue weighted by molar-refractivity contribution is 5.27. The zero-order valence-electron chi connectivity index (χ0n) is 11.3. The van der Waals surface area contributed by atoms with Gasteiger partial charge in [0.15, 0.2) is 5.82 Å². The fraction of sp³-hybridized carbons (Fsp3) is 0.462. The van der Waals surface area contributed by atoms with Crippen LogP contribution in [-0.2, 0) is 13.5 Å². The number of aromatic nitrogens is 4. The van der Waals surface area contributed by atoms with Gasteiger partial charge in [-0.3, -0.25) is 0 Å². The maximum atomic E-state index is 5.81. The van der Waals surface area contributed by atoms with Crippen LogP contribution in [0.4, 0.5) is 0 Å². The standard InChI is InChI=1S/C13H19N5O/c1-18-13(15-16-17-18)11(9-14)6-3-10-4-7-12(19-2)8-5-10/h4-5,7-8,11H,3,6,9,14H2,1-2H3. The third kappa shape index (κ3) is 3.29. The molecule has 0 saturated heterocycles. The second kappa shape index (κ2) is 6.29. The fourth-order valence-corrected chi connectivity index (χ4v) is 2.07. The van der Waals surface area contributed by atoms with Crippen LogP contribution in [0, 0.1) is 0 Å². The third-order valence-electron chi connectivity index (χ3n) is 3.24. The van der Waals surface area contributed by atoms with Gasteiger partial charge in [-0.1, -0.05) is 12.1 Å². The van der Waals surface area contributed by atoms with E-state index in [2.05, 4.69) is 27.7 Å². The van der Waals surface area contributed by atoms with E-state index in [0.717, 1.165) is 24.4 Å². The third-order valence-corrected chi connectivity index (χ3v) is 3.24. The van der Waals surface area contributed by atoms with Gasteiger partial charge in [-0.25, -0.2) is 4.68 Å². The lowest BCUT2D eigenvalue weighted by Crippen LogP contribution is -2.17. The molecule has 0 radical (unpaired) electrons. The van der Waals surface area contributed by atoms with Crippen molar-refractivity contribution in [2.24, 2.45) is 12.8 Å². The van der Waals surface area contributed by atoms with E-state index in [4.69, 9.17) is 10.5 Å². The van der Waals surface area contributed by atoms with Crippen molar-refractivity contribution in [3.05, 3.63) is 35.7 Å². The van der Waals surface area contributed by atoms with E-state index in [1.165, 1.54) is 5.56 Å². The van der Waals surface area contributed by atoms with E-state index in [1.54, 1.807) is 11.8 Å². The summed E-state index contributed by atoms with van der Waals surface area (Å²) in [6, 6.07) is 8.08. The van der Waals surface area contributed by atoms with Crippen molar-refractivity contribution in [2.45, 2.75) is 18.8 Å². The summed E-state index contributed by atoms with van der Waals surface area (Å²) >= 11 is 0. The molecule has 1 aromatic carbocycles. The molecule has 0 fully saturated rings. The number of ether oxygens (including phenoxy) is 1. The molecule has 19 heavy (non-hydrogen) atoms. The molecule has 1 atom stereocenters. The normalized spacial score (nSPS) is 12.4. The molecule has 0 spiro atoms. The number of hydrogen-bond acceptors (Lipinski definition) is 5. The molecule has 6 heteroatoms. The maximum absolute atomic E-state index is 5.81. The van der Waals surface area contributed by atoms with Gasteiger partial charge >= 0.3 is 0 Å². The lowest BCUT2D eigenvalue weighted by molar-refractivity contribution is 0.414. The molecule has 6 nitrogen and oxygen atoms in total. The SMILES string of the molecule is COc1ccc(CCC(CN)c2nnnn2C)cc1. The van der Waals surface area contributed by atoms with Gasteiger partial charge in [0.2, 0.25) is 0 Å². The molecule has 0 aliphatic heterocycles. The minimum atomic E-state index is 0.183. The number of aryl methyl sites for hydroxylation is 2.